The van der Waals surface area contributed by atoms with Gasteiger partial charge in [-0.2, -0.15) is 0 Å². The minimum atomic E-state index is -1.34. The monoisotopic (exact) mass is 426 g/mol. The van der Waals surface area contributed by atoms with E-state index >= 15 is 4.39 Å². The number of anilines is 1. The number of fused-ring (bicyclic) bond motifs is 1. The smallest absolute Gasteiger partial charge is 0.152 e. The van der Waals surface area contributed by atoms with E-state index in [4.69, 9.17) is 0 Å². The van der Waals surface area contributed by atoms with E-state index in [1.807, 2.05) is 19.9 Å². The molecule has 0 atom stereocenters. The number of nitrogens with zero attached hydrogens (tertiary/aromatic N) is 1. The molecule has 0 saturated carbocycles. The lowest BCUT2D eigenvalue weighted by molar-refractivity contribution is 0.0825. The highest BCUT2D eigenvalue weighted by atomic mass is 19.1. The molecule has 2 aromatic carbocycles. The lowest BCUT2D eigenvalue weighted by Gasteiger charge is -2.38. The topological polar surface area (TPSA) is 15.3 Å². The molecule has 1 saturated heterocycles. The summed E-state index contributed by atoms with van der Waals surface area (Å²) in [7, 11) is 0. The van der Waals surface area contributed by atoms with Crippen LogP contribution in [0, 0.1) is 5.92 Å². The number of allylic oxidation sites excluding steroid dienone is 3. The number of hydrogen-bond donors (Lipinski definition) is 1. The van der Waals surface area contributed by atoms with Gasteiger partial charge in [-0.3, -0.25) is 0 Å². The van der Waals surface area contributed by atoms with E-state index < -0.39 is 5.67 Å². The minimum absolute atomic E-state index is 0. The number of hydrogen-bond acceptors (Lipinski definition) is 2. The van der Waals surface area contributed by atoms with Crippen molar-refractivity contribution in [2.24, 2.45) is 5.92 Å². The second kappa shape index (κ2) is 12.0. The number of piperidine rings is 1. The number of nitrogens with one attached hydrogen (secondary N) is 1. The summed E-state index contributed by atoms with van der Waals surface area (Å²) in [4.78, 5) is 2.36. The molecule has 0 aliphatic carbocycles. The fraction of sp³-hybridized carbons (Fsp3) is 0.500. The first-order valence-corrected chi connectivity index (χ1v) is 11.9. The molecule has 1 N–H and O–H groups in total. The summed E-state index contributed by atoms with van der Waals surface area (Å²) in [6, 6.07) is 12.8. The number of likely N-dealkylation sites (tertiary alicyclic amines) is 1. The second-order valence-electron chi connectivity index (χ2n) is 8.77. The molecule has 1 aliphatic rings. The molecule has 3 rings (SSSR count). The van der Waals surface area contributed by atoms with Gasteiger partial charge in [0.1, 0.15) is 0 Å². The summed E-state index contributed by atoms with van der Waals surface area (Å²) in [5.41, 5.74) is 1.39. The molecule has 31 heavy (non-hydrogen) atoms. The van der Waals surface area contributed by atoms with Crippen molar-refractivity contribution in [1.29, 1.82) is 0 Å². The normalized spacial score (nSPS) is 16.4. The van der Waals surface area contributed by atoms with Crippen LogP contribution in [0.2, 0.25) is 0 Å². The average Bonchev–Trinajstić information content (AvgIpc) is 2.76. The Kier molecular flexibility index (Phi) is 9.77. The molecule has 2 aromatic rings. The number of aryl methyl sites for hydroxylation is 1. The van der Waals surface area contributed by atoms with Crippen molar-refractivity contribution in [1.82, 2.24) is 4.90 Å². The first-order chi connectivity index (χ1) is 14.9. The van der Waals surface area contributed by atoms with Crippen molar-refractivity contribution in [2.75, 3.05) is 25.0 Å². The van der Waals surface area contributed by atoms with E-state index in [1.165, 1.54) is 16.3 Å². The van der Waals surface area contributed by atoms with E-state index in [1.54, 1.807) is 0 Å². The van der Waals surface area contributed by atoms with Crippen LogP contribution in [0.3, 0.4) is 0 Å². The highest BCUT2D eigenvalue weighted by Crippen LogP contribution is 2.34. The molecule has 0 bridgehead atoms. The lowest BCUT2D eigenvalue weighted by atomic mass is 9.90. The molecule has 1 aliphatic heterocycles. The fourth-order valence-electron chi connectivity index (χ4n) is 4.14. The van der Waals surface area contributed by atoms with E-state index in [9.17, 15) is 0 Å². The number of benzene rings is 2. The standard InChI is InChI=1S/C26H35FN2.C2H6.H2/c1-5-6-7-8-22-9-10-23-11-12-25(18-24(23)17-22)28-21(4)26(27)13-15-29(16-14-26)19-20(2)3;1-2;/h5-6,9-12,17-18,20,28H,4,7-8,13-16,19H2,1-3H3;1-2H3;1H/b6-5-;;. The van der Waals surface area contributed by atoms with Crippen LogP contribution < -0.4 is 5.32 Å². The molecule has 0 spiro atoms. The molecule has 0 radical (unpaired) electrons. The second-order valence-corrected chi connectivity index (χ2v) is 8.77. The third-order valence-corrected chi connectivity index (χ3v) is 5.85. The SMILES string of the molecule is C=C(Nc1ccc2ccc(CC/C=C\C)cc2c1)C1(F)CCN(CC(C)C)CC1.CC.[HH]. The molecule has 2 nitrogen and oxygen atoms in total. The molecular formula is C28H43FN2. The van der Waals surface area contributed by atoms with Crippen LogP contribution in [-0.2, 0) is 6.42 Å². The maximum absolute atomic E-state index is 15.5. The zero-order chi connectivity index (χ0) is 22.9. The van der Waals surface area contributed by atoms with Gasteiger partial charge in [0.25, 0.3) is 0 Å². The van der Waals surface area contributed by atoms with Crippen molar-refractivity contribution in [3.63, 3.8) is 0 Å². The van der Waals surface area contributed by atoms with Crippen molar-refractivity contribution < 1.29 is 5.82 Å². The number of halogens is 1. The quantitative estimate of drug-likeness (QED) is 0.430. The summed E-state index contributed by atoms with van der Waals surface area (Å²) in [5.74, 6) is 0.615. The van der Waals surface area contributed by atoms with Crippen LogP contribution in [0.1, 0.15) is 60.9 Å². The van der Waals surface area contributed by atoms with Gasteiger partial charge in [-0.25, -0.2) is 4.39 Å². The summed E-state index contributed by atoms with van der Waals surface area (Å²) in [6.07, 6.45) is 7.39. The van der Waals surface area contributed by atoms with E-state index in [0.717, 1.165) is 38.2 Å². The van der Waals surface area contributed by atoms with Gasteiger partial charge in [-0.05, 0) is 67.0 Å². The van der Waals surface area contributed by atoms with Crippen molar-refractivity contribution in [2.45, 2.75) is 66.0 Å². The van der Waals surface area contributed by atoms with Crippen LogP contribution >= 0.6 is 0 Å². The van der Waals surface area contributed by atoms with Gasteiger partial charge in [-0.1, -0.05) is 70.7 Å². The Morgan fingerprint density at radius 2 is 1.84 bits per heavy atom. The summed E-state index contributed by atoms with van der Waals surface area (Å²) in [6.45, 7) is 17.2. The molecular weight excluding hydrogens is 383 g/mol. The van der Waals surface area contributed by atoms with E-state index in [2.05, 4.69) is 80.1 Å². The minimum Gasteiger partial charge on any atom is -0.357 e. The van der Waals surface area contributed by atoms with Gasteiger partial charge in [0, 0.05) is 32.4 Å². The maximum Gasteiger partial charge on any atom is 0.152 e. The van der Waals surface area contributed by atoms with Crippen molar-refractivity contribution in [3.05, 3.63) is 66.4 Å². The van der Waals surface area contributed by atoms with Crippen molar-refractivity contribution in [3.8, 4) is 0 Å². The zero-order valence-corrected chi connectivity index (χ0v) is 20.2. The van der Waals surface area contributed by atoms with Crippen LogP contribution in [-0.4, -0.2) is 30.2 Å². The summed E-state index contributed by atoms with van der Waals surface area (Å²) in [5, 5.41) is 5.66. The Morgan fingerprint density at radius 3 is 2.48 bits per heavy atom. The van der Waals surface area contributed by atoms with Gasteiger partial charge in [0.15, 0.2) is 5.67 Å². The number of alkyl halides is 1. The largest absolute Gasteiger partial charge is 0.357 e. The van der Waals surface area contributed by atoms with Crippen molar-refractivity contribution >= 4 is 16.5 Å². The van der Waals surface area contributed by atoms with Crippen LogP contribution in [0.5, 0.6) is 0 Å². The van der Waals surface area contributed by atoms with Gasteiger partial charge < -0.3 is 10.2 Å². The van der Waals surface area contributed by atoms with Crippen LogP contribution in [0.4, 0.5) is 10.1 Å². The third kappa shape index (κ3) is 7.21. The van der Waals surface area contributed by atoms with E-state index in [0.29, 0.717) is 24.5 Å². The summed E-state index contributed by atoms with van der Waals surface area (Å²) < 4.78 is 15.5. The zero-order valence-electron chi connectivity index (χ0n) is 20.2. The maximum atomic E-state index is 15.5. The Hall–Kier alpha value is -2.13. The number of rotatable bonds is 8. The highest BCUT2D eigenvalue weighted by molar-refractivity contribution is 5.86. The van der Waals surface area contributed by atoms with E-state index in [-0.39, 0.29) is 1.43 Å². The first kappa shape index (κ1) is 25.1. The van der Waals surface area contributed by atoms with Gasteiger partial charge in [0.2, 0.25) is 0 Å². The molecule has 0 amide bonds. The molecule has 172 valence electrons. The average molecular weight is 427 g/mol. The highest BCUT2D eigenvalue weighted by Gasteiger charge is 2.37. The Morgan fingerprint density at radius 1 is 1.16 bits per heavy atom. The third-order valence-electron chi connectivity index (χ3n) is 5.85. The van der Waals surface area contributed by atoms with Gasteiger partial charge in [0.05, 0.1) is 0 Å². The predicted octanol–water partition coefficient (Wildman–Crippen LogP) is 8.01. The first-order valence-electron chi connectivity index (χ1n) is 11.9. The summed E-state index contributed by atoms with van der Waals surface area (Å²) >= 11 is 0. The van der Waals surface area contributed by atoms with Crippen LogP contribution in [0.25, 0.3) is 10.8 Å². The fourth-order valence-corrected chi connectivity index (χ4v) is 4.14. The molecule has 3 heteroatoms. The predicted molar refractivity (Wildman–Crippen MR) is 138 cm³/mol. The van der Waals surface area contributed by atoms with Gasteiger partial charge >= 0.3 is 0 Å². The molecule has 1 fully saturated rings. The van der Waals surface area contributed by atoms with Crippen LogP contribution in [0.15, 0.2) is 60.8 Å². The molecule has 0 aromatic heterocycles. The Bertz CT molecular complexity index is 867. The van der Waals surface area contributed by atoms with Gasteiger partial charge in [-0.15, -0.1) is 0 Å². The Labute approximate surface area is 190 Å². The Balaban J connectivity index is 0.00000166. The molecule has 0 unspecified atom stereocenters. The lowest BCUT2D eigenvalue weighted by Crippen LogP contribution is -2.45. The molecule has 1 heterocycles.